The highest BCUT2D eigenvalue weighted by molar-refractivity contribution is 6.35. The number of ether oxygens (including phenoxy) is 2. The first-order valence-electron chi connectivity index (χ1n) is 9.65. The molecule has 6 nitrogen and oxygen atoms in total. The Morgan fingerprint density at radius 1 is 1.00 bits per heavy atom. The lowest BCUT2D eigenvalue weighted by Gasteiger charge is -2.15. The minimum atomic E-state index is -0.863. The van der Waals surface area contributed by atoms with Gasteiger partial charge < -0.3 is 14.8 Å². The number of rotatable bonds is 7. The second-order valence-corrected chi connectivity index (χ2v) is 7.66. The van der Waals surface area contributed by atoms with E-state index in [-0.39, 0.29) is 5.91 Å². The number of nitrogens with zero attached hydrogens (tertiary/aromatic N) is 1. The number of halogens is 2. The summed E-state index contributed by atoms with van der Waals surface area (Å²) in [6, 6.07) is 15.4. The number of nitrogens with one attached hydrogen (secondary N) is 1. The van der Waals surface area contributed by atoms with Gasteiger partial charge in [-0.15, -0.1) is 0 Å². The number of aromatic nitrogens is 1. The largest absolute Gasteiger partial charge is 0.477 e. The lowest BCUT2D eigenvalue weighted by molar-refractivity contribution is -0.141. The molecule has 1 aromatic heterocycles. The highest BCUT2D eigenvalue weighted by Crippen LogP contribution is 2.28. The molecule has 2 aromatic carbocycles. The Morgan fingerprint density at radius 2 is 1.72 bits per heavy atom. The maximum atomic E-state index is 12.3. The van der Waals surface area contributed by atoms with Crippen molar-refractivity contribution in [1.29, 1.82) is 0 Å². The average molecular weight is 471 g/mol. The van der Waals surface area contributed by atoms with E-state index in [2.05, 4.69) is 10.3 Å². The van der Waals surface area contributed by atoms with E-state index in [1.807, 2.05) is 30.4 Å². The summed E-state index contributed by atoms with van der Waals surface area (Å²) >= 11 is 11.9. The Bertz CT molecular complexity index is 1150. The summed E-state index contributed by atoms with van der Waals surface area (Å²) in [5, 5.41) is 3.43. The Kier molecular flexibility index (Phi) is 7.87. The third kappa shape index (κ3) is 6.83. The molecule has 0 aliphatic carbocycles. The second-order valence-electron chi connectivity index (χ2n) is 6.81. The number of esters is 1. The fourth-order valence-corrected chi connectivity index (χ4v) is 3.10. The molecule has 164 valence electrons. The molecule has 1 unspecified atom stereocenters. The van der Waals surface area contributed by atoms with Gasteiger partial charge in [-0.1, -0.05) is 47.5 Å². The van der Waals surface area contributed by atoms with Crippen molar-refractivity contribution in [2.45, 2.75) is 20.0 Å². The van der Waals surface area contributed by atoms with E-state index >= 15 is 0 Å². The van der Waals surface area contributed by atoms with Crippen LogP contribution in [0, 0.1) is 0 Å². The molecule has 0 bridgehead atoms. The Labute approximate surface area is 195 Å². The SMILES string of the molecule is CC(=O)Nc1cc(/C=C/c2ccc(OC(=O)C(C)Oc3ccc(Cl)cc3Cl)cc2)ccn1. The summed E-state index contributed by atoms with van der Waals surface area (Å²) in [5.74, 6) is 0.486. The number of pyridine rings is 1. The molecule has 1 heterocycles. The molecule has 1 N–H and O–H groups in total. The van der Waals surface area contributed by atoms with Gasteiger partial charge in [-0.25, -0.2) is 9.78 Å². The van der Waals surface area contributed by atoms with Crippen LogP contribution in [0.5, 0.6) is 11.5 Å². The van der Waals surface area contributed by atoms with E-state index in [1.165, 1.54) is 13.0 Å². The minimum Gasteiger partial charge on any atom is -0.477 e. The van der Waals surface area contributed by atoms with Gasteiger partial charge in [0, 0.05) is 18.1 Å². The standard InChI is InChI=1S/C24H20Cl2N2O4/c1-15(31-22-10-7-19(25)14-21(22)26)24(30)32-20-8-5-17(6-9-20)3-4-18-11-12-27-23(13-18)28-16(2)29/h3-15H,1-2H3,(H,27,28,29)/b4-3+. The summed E-state index contributed by atoms with van der Waals surface area (Å²) in [6.07, 6.45) is 4.54. The van der Waals surface area contributed by atoms with Crippen molar-refractivity contribution in [3.8, 4) is 11.5 Å². The quantitative estimate of drug-likeness (QED) is 0.344. The molecule has 0 saturated heterocycles. The molecule has 1 amide bonds. The van der Waals surface area contributed by atoms with Gasteiger partial charge in [0.2, 0.25) is 5.91 Å². The maximum Gasteiger partial charge on any atom is 0.352 e. The zero-order chi connectivity index (χ0) is 23.1. The van der Waals surface area contributed by atoms with Crippen molar-refractivity contribution >= 4 is 53.0 Å². The first-order valence-corrected chi connectivity index (χ1v) is 10.4. The number of carbonyl (C=O) groups excluding carboxylic acids is 2. The number of hydrogen-bond donors (Lipinski definition) is 1. The van der Waals surface area contributed by atoms with Gasteiger partial charge in [-0.3, -0.25) is 4.79 Å². The zero-order valence-corrected chi connectivity index (χ0v) is 18.9. The smallest absolute Gasteiger partial charge is 0.352 e. The van der Waals surface area contributed by atoms with Crippen molar-refractivity contribution in [1.82, 2.24) is 4.98 Å². The van der Waals surface area contributed by atoms with Gasteiger partial charge in [0.25, 0.3) is 0 Å². The third-order valence-electron chi connectivity index (χ3n) is 4.18. The highest BCUT2D eigenvalue weighted by Gasteiger charge is 2.18. The van der Waals surface area contributed by atoms with Gasteiger partial charge in [-0.2, -0.15) is 0 Å². The maximum absolute atomic E-state index is 12.3. The van der Waals surface area contributed by atoms with Gasteiger partial charge in [-0.05, 0) is 60.5 Å². The number of carbonyl (C=O) groups is 2. The topological polar surface area (TPSA) is 77.5 Å². The van der Waals surface area contributed by atoms with Crippen LogP contribution in [0.25, 0.3) is 12.2 Å². The lowest BCUT2D eigenvalue weighted by atomic mass is 10.1. The normalized spacial score (nSPS) is 11.8. The molecule has 3 aromatic rings. The molecule has 0 spiro atoms. The van der Waals surface area contributed by atoms with Crippen LogP contribution >= 0.6 is 23.2 Å². The molecular formula is C24H20Cl2N2O4. The number of benzene rings is 2. The molecule has 8 heteroatoms. The van der Waals surface area contributed by atoms with Crippen LogP contribution in [0.4, 0.5) is 5.82 Å². The van der Waals surface area contributed by atoms with Crippen molar-refractivity contribution in [3.63, 3.8) is 0 Å². The third-order valence-corrected chi connectivity index (χ3v) is 4.71. The Balaban J connectivity index is 1.58. The summed E-state index contributed by atoms with van der Waals surface area (Å²) in [4.78, 5) is 27.6. The monoisotopic (exact) mass is 470 g/mol. The lowest BCUT2D eigenvalue weighted by Crippen LogP contribution is -2.28. The van der Waals surface area contributed by atoms with Gasteiger partial charge in [0.15, 0.2) is 6.10 Å². The zero-order valence-electron chi connectivity index (χ0n) is 17.3. The first kappa shape index (κ1) is 23.3. The van der Waals surface area contributed by atoms with Crippen molar-refractivity contribution in [2.75, 3.05) is 5.32 Å². The van der Waals surface area contributed by atoms with E-state index in [9.17, 15) is 9.59 Å². The van der Waals surface area contributed by atoms with E-state index in [0.717, 1.165) is 11.1 Å². The number of anilines is 1. The summed E-state index contributed by atoms with van der Waals surface area (Å²) in [7, 11) is 0. The predicted molar refractivity (Wildman–Crippen MR) is 126 cm³/mol. The van der Waals surface area contributed by atoms with Crippen LogP contribution in [0.15, 0.2) is 60.8 Å². The molecule has 1 atom stereocenters. The molecule has 32 heavy (non-hydrogen) atoms. The van der Waals surface area contributed by atoms with E-state index in [1.54, 1.807) is 43.5 Å². The average Bonchev–Trinajstić information content (AvgIpc) is 2.75. The number of amides is 1. The highest BCUT2D eigenvalue weighted by atomic mass is 35.5. The molecule has 3 rings (SSSR count). The van der Waals surface area contributed by atoms with E-state index in [0.29, 0.717) is 27.4 Å². The first-order chi connectivity index (χ1) is 15.3. The van der Waals surface area contributed by atoms with Gasteiger partial charge >= 0.3 is 5.97 Å². The molecule has 0 radical (unpaired) electrons. The van der Waals surface area contributed by atoms with Crippen LogP contribution < -0.4 is 14.8 Å². The Hall–Kier alpha value is -3.35. The van der Waals surface area contributed by atoms with Crippen LogP contribution in [0.1, 0.15) is 25.0 Å². The predicted octanol–water partition coefficient (Wildman–Crippen LogP) is 5.89. The van der Waals surface area contributed by atoms with Gasteiger partial charge in [0.05, 0.1) is 5.02 Å². The molecular weight excluding hydrogens is 451 g/mol. The van der Waals surface area contributed by atoms with Crippen LogP contribution in [-0.4, -0.2) is 23.0 Å². The Morgan fingerprint density at radius 3 is 2.41 bits per heavy atom. The van der Waals surface area contributed by atoms with E-state index < -0.39 is 12.1 Å². The van der Waals surface area contributed by atoms with E-state index in [4.69, 9.17) is 32.7 Å². The summed E-state index contributed by atoms with van der Waals surface area (Å²) in [5.41, 5.74) is 1.78. The van der Waals surface area contributed by atoms with Crippen molar-refractivity contribution in [2.24, 2.45) is 0 Å². The molecule has 0 aliphatic rings. The molecule has 0 fully saturated rings. The fraction of sp³-hybridized carbons (Fsp3) is 0.125. The van der Waals surface area contributed by atoms with Crippen molar-refractivity contribution in [3.05, 3.63) is 82.0 Å². The molecule has 0 aliphatic heterocycles. The minimum absolute atomic E-state index is 0.181. The molecule has 0 saturated carbocycles. The van der Waals surface area contributed by atoms with Crippen LogP contribution in [0.3, 0.4) is 0 Å². The van der Waals surface area contributed by atoms with Crippen LogP contribution in [-0.2, 0) is 9.59 Å². The van der Waals surface area contributed by atoms with Crippen molar-refractivity contribution < 1.29 is 19.1 Å². The second kappa shape index (κ2) is 10.8. The fourth-order valence-electron chi connectivity index (χ4n) is 2.65. The number of hydrogen-bond acceptors (Lipinski definition) is 5. The van der Waals surface area contributed by atoms with Crippen LogP contribution in [0.2, 0.25) is 10.0 Å². The summed E-state index contributed by atoms with van der Waals surface area (Å²) in [6.45, 7) is 3.01. The summed E-state index contributed by atoms with van der Waals surface area (Å²) < 4.78 is 10.9. The van der Waals surface area contributed by atoms with Gasteiger partial charge in [0.1, 0.15) is 17.3 Å².